The Balaban J connectivity index is 2.14. The summed E-state index contributed by atoms with van der Waals surface area (Å²) < 4.78 is 1.08. The number of anilines is 1. The SMILES string of the molecule is CCC/C=C/c1cc(N2CCCNCC2)cnc1I. The van der Waals surface area contributed by atoms with E-state index in [9.17, 15) is 0 Å². The minimum absolute atomic E-state index is 1.06. The van der Waals surface area contributed by atoms with Crippen LogP contribution < -0.4 is 10.2 Å². The van der Waals surface area contributed by atoms with Gasteiger partial charge in [0.1, 0.15) is 3.70 Å². The third-order valence-electron chi connectivity index (χ3n) is 3.31. The van der Waals surface area contributed by atoms with Gasteiger partial charge >= 0.3 is 0 Å². The van der Waals surface area contributed by atoms with Crippen LogP contribution in [-0.2, 0) is 0 Å². The largest absolute Gasteiger partial charge is 0.369 e. The van der Waals surface area contributed by atoms with Gasteiger partial charge in [0.2, 0.25) is 0 Å². The van der Waals surface area contributed by atoms with Gasteiger partial charge in [0, 0.05) is 25.2 Å². The van der Waals surface area contributed by atoms with Crippen LogP contribution in [0.3, 0.4) is 0 Å². The average Bonchev–Trinajstić information content (AvgIpc) is 2.70. The van der Waals surface area contributed by atoms with E-state index >= 15 is 0 Å². The summed E-state index contributed by atoms with van der Waals surface area (Å²) in [5.74, 6) is 0. The third kappa shape index (κ3) is 4.45. The van der Waals surface area contributed by atoms with E-state index in [0.717, 1.165) is 36.3 Å². The van der Waals surface area contributed by atoms with Crippen molar-refractivity contribution in [3.05, 3.63) is 27.6 Å². The number of halogens is 1. The molecule has 1 saturated heterocycles. The van der Waals surface area contributed by atoms with Crippen LogP contribution in [0.25, 0.3) is 6.08 Å². The van der Waals surface area contributed by atoms with Gasteiger partial charge in [-0.05, 0) is 48.0 Å². The third-order valence-corrected chi connectivity index (χ3v) is 4.21. The van der Waals surface area contributed by atoms with Gasteiger partial charge < -0.3 is 10.2 Å². The maximum Gasteiger partial charge on any atom is 0.108 e. The molecule has 1 aromatic heterocycles. The Labute approximate surface area is 129 Å². The fraction of sp³-hybridized carbons (Fsp3) is 0.533. The van der Waals surface area contributed by atoms with Crippen LogP contribution >= 0.6 is 22.6 Å². The van der Waals surface area contributed by atoms with E-state index in [-0.39, 0.29) is 0 Å². The Bertz CT molecular complexity index is 423. The van der Waals surface area contributed by atoms with E-state index in [2.05, 4.69) is 62.9 Å². The Morgan fingerprint density at radius 3 is 3.16 bits per heavy atom. The first kappa shape index (κ1) is 14.8. The molecular weight excluding hydrogens is 349 g/mol. The normalized spacial score (nSPS) is 16.8. The number of rotatable bonds is 4. The maximum atomic E-state index is 4.54. The molecular formula is C15H22IN3. The van der Waals surface area contributed by atoms with Gasteiger partial charge in [-0.1, -0.05) is 25.5 Å². The highest BCUT2D eigenvalue weighted by Crippen LogP contribution is 2.20. The first-order valence-corrected chi connectivity index (χ1v) is 8.17. The first-order chi connectivity index (χ1) is 9.31. The molecule has 2 rings (SSSR count). The Kier molecular flexibility index (Phi) is 6.10. The van der Waals surface area contributed by atoms with Crippen molar-refractivity contribution in [3.8, 4) is 0 Å². The molecule has 0 aliphatic carbocycles. The smallest absolute Gasteiger partial charge is 0.108 e. The predicted molar refractivity (Wildman–Crippen MR) is 90.6 cm³/mol. The van der Waals surface area contributed by atoms with Crippen molar-refractivity contribution < 1.29 is 0 Å². The lowest BCUT2D eigenvalue weighted by Crippen LogP contribution is -2.28. The second-order valence-electron chi connectivity index (χ2n) is 4.86. The zero-order chi connectivity index (χ0) is 13.5. The molecule has 4 heteroatoms. The van der Waals surface area contributed by atoms with E-state index in [0.29, 0.717) is 0 Å². The van der Waals surface area contributed by atoms with Crippen LogP contribution in [0.1, 0.15) is 31.7 Å². The molecule has 0 unspecified atom stereocenters. The molecule has 1 fully saturated rings. The molecule has 0 radical (unpaired) electrons. The standard InChI is InChI=1S/C15H22IN3/c1-2-3-4-6-13-11-14(12-18-15(13)16)19-9-5-7-17-8-10-19/h4,6,11-12,17H,2-3,5,7-10H2,1H3/b6-4+. The first-order valence-electron chi connectivity index (χ1n) is 7.09. The minimum atomic E-state index is 1.06. The number of allylic oxidation sites excluding steroid dienone is 1. The van der Waals surface area contributed by atoms with Gasteiger partial charge in [0.25, 0.3) is 0 Å². The number of nitrogens with one attached hydrogen (secondary N) is 1. The summed E-state index contributed by atoms with van der Waals surface area (Å²) in [6.45, 7) is 6.58. The van der Waals surface area contributed by atoms with Crippen molar-refractivity contribution in [2.24, 2.45) is 0 Å². The Morgan fingerprint density at radius 1 is 1.42 bits per heavy atom. The van der Waals surface area contributed by atoms with Crippen LogP contribution in [0.4, 0.5) is 5.69 Å². The van der Waals surface area contributed by atoms with Crippen LogP contribution in [0, 0.1) is 3.70 Å². The van der Waals surface area contributed by atoms with Gasteiger partial charge in [0.05, 0.1) is 11.9 Å². The van der Waals surface area contributed by atoms with Gasteiger partial charge in [-0.25, -0.2) is 4.98 Å². The molecule has 1 aromatic rings. The molecule has 0 aromatic carbocycles. The molecule has 19 heavy (non-hydrogen) atoms. The second-order valence-corrected chi connectivity index (χ2v) is 5.88. The van der Waals surface area contributed by atoms with E-state index in [1.54, 1.807) is 0 Å². The molecule has 1 N–H and O–H groups in total. The highest BCUT2D eigenvalue weighted by Gasteiger charge is 2.11. The molecule has 3 nitrogen and oxygen atoms in total. The zero-order valence-electron chi connectivity index (χ0n) is 11.5. The number of hydrogen-bond acceptors (Lipinski definition) is 3. The van der Waals surface area contributed by atoms with E-state index in [4.69, 9.17) is 0 Å². The van der Waals surface area contributed by atoms with Gasteiger partial charge in [-0.2, -0.15) is 0 Å². The van der Waals surface area contributed by atoms with Gasteiger partial charge in [0.15, 0.2) is 0 Å². The van der Waals surface area contributed by atoms with E-state index in [1.807, 2.05) is 6.20 Å². The van der Waals surface area contributed by atoms with Crippen LogP contribution in [0.5, 0.6) is 0 Å². The van der Waals surface area contributed by atoms with Crippen molar-refractivity contribution >= 4 is 34.4 Å². The number of unbranched alkanes of at least 4 members (excludes halogenated alkanes) is 1. The summed E-state index contributed by atoms with van der Waals surface area (Å²) in [6, 6.07) is 2.27. The summed E-state index contributed by atoms with van der Waals surface area (Å²) in [5.41, 5.74) is 2.49. The summed E-state index contributed by atoms with van der Waals surface area (Å²) in [6.07, 6.45) is 9.98. The monoisotopic (exact) mass is 371 g/mol. The molecule has 2 heterocycles. The quantitative estimate of drug-likeness (QED) is 0.650. The van der Waals surface area contributed by atoms with Crippen LogP contribution in [0.2, 0.25) is 0 Å². The number of hydrogen-bond donors (Lipinski definition) is 1. The summed E-state index contributed by atoms with van der Waals surface area (Å²) in [5, 5.41) is 3.44. The van der Waals surface area contributed by atoms with Gasteiger partial charge in [-0.15, -0.1) is 0 Å². The Hall–Kier alpha value is -0.620. The fourth-order valence-corrected chi connectivity index (χ4v) is 2.70. The molecule has 1 aliphatic heterocycles. The van der Waals surface area contributed by atoms with Crippen LogP contribution in [0.15, 0.2) is 18.3 Å². The topological polar surface area (TPSA) is 28.2 Å². The fourth-order valence-electron chi connectivity index (χ4n) is 2.22. The summed E-state index contributed by atoms with van der Waals surface area (Å²) in [4.78, 5) is 6.97. The lowest BCUT2D eigenvalue weighted by Gasteiger charge is -2.22. The molecule has 1 aliphatic rings. The molecule has 0 bridgehead atoms. The van der Waals surface area contributed by atoms with E-state index in [1.165, 1.54) is 24.1 Å². The number of pyridine rings is 1. The molecule has 104 valence electrons. The highest BCUT2D eigenvalue weighted by atomic mass is 127. The second kappa shape index (κ2) is 7.85. The molecule has 0 spiro atoms. The van der Waals surface area contributed by atoms with E-state index < -0.39 is 0 Å². The van der Waals surface area contributed by atoms with Crippen molar-refractivity contribution in [1.82, 2.24) is 10.3 Å². The summed E-state index contributed by atoms with van der Waals surface area (Å²) >= 11 is 2.31. The molecule has 0 atom stereocenters. The number of nitrogens with zero attached hydrogens (tertiary/aromatic N) is 2. The molecule has 0 saturated carbocycles. The zero-order valence-corrected chi connectivity index (χ0v) is 13.7. The summed E-state index contributed by atoms with van der Waals surface area (Å²) in [7, 11) is 0. The lowest BCUT2D eigenvalue weighted by molar-refractivity contribution is 0.724. The van der Waals surface area contributed by atoms with Crippen LogP contribution in [-0.4, -0.2) is 31.2 Å². The van der Waals surface area contributed by atoms with Gasteiger partial charge in [-0.3, -0.25) is 0 Å². The van der Waals surface area contributed by atoms with Crippen molar-refractivity contribution in [1.29, 1.82) is 0 Å². The molecule has 0 amide bonds. The number of aromatic nitrogens is 1. The lowest BCUT2D eigenvalue weighted by atomic mass is 10.2. The van der Waals surface area contributed by atoms with Crippen molar-refractivity contribution in [2.45, 2.75) is 26.2 Å². The minimum Gasteiger partial charge on any atom is -0.369 e. The van der Waals surface area contributed by atoms with Crippen molar-refractivity contribution in [3.63, 3.8) is 0 Å². The Morgan fingerprint density at radius 2 is 2.32 bits per heavy atom. The highest BCUT2D eigenvalue weighted by molar-refractivity contribution is 14.1. The van der Waals surface area contributed by atoms with Crippen molar-refractivity contribution in [2.75, 3.05) is 31.1 Å². The predicted octanol–water partition coefficient (Wildman–Crippen LogP) is 3.30. The maximum absolute atomic E-state index is 4.54. The average molecular weight is 371 g/mol.